The second kappa shape index (κ2) is 17.2. The van der Waals surface area contributed by atoms with E-state index in [0.717, 1.165) is 72.1 Å². The van der Waals surface area contributed by atoms with Gasteiger partial charge in [0.05, 0.1) is 38.8 Å². The first-order valence-electron chi connectivity index (χ1n) is 28.9. The zero-order chi connectivity index (χ0) is 54.7. The van der Waals surface area contributed by atoms with E-state index < -0.39 is 0 Å². The van der Waals surface area contributed by atoms with Crippen molar-refractivity contribution in [1.82, 2.24) is 8.80 Å². The van der Waals surface area contributed by atoms with Gasteiger partial charge in [0.15, 0.2) is 5.58 Å². The van der Waals surface area contributed by atoms with E-state index >= 15 is 0 Å². The van der Waals surface area contributed by atoms with Crippen LogP contribution in [0, 0.1) is 0 Å². The lowest BCUT2D eigenvalue weighted by Gasteiger charge is -2.25. The maximum Gasteiger partial charge on any atom is 0.159 e. The average molecular weight is 1070 g/mol. The summed E-state index contributed by atoms with van der Waals surface area (Å²) in [5.41, 5.74) is 22.4. The molecule has 19 rings (SSSR count). The van der Waals surface area contributed by atoms with Crippen LogP contribution in [0.1, 0.15) is 22.6 Å². The van der Waals surface area contributed by atoms with E-state index in [9.17, 15) is 0 Å². The first-order valence-corrected chi connectivity index (χ1v) is 28.9. The van der Waals surface area contributed by atoms with Gasteiger partial charge >= 0.3 is 0 Å². The van der Waals surface area contributed by atoms with Crippen LogP contribution in [0.5, 0.6) is 0 Å². The van der Waals surface area contributed by atoms with E-state index in [1.807, 2.05) is 18.2 Å². The Morgan fingerprint density at radius 2 is 0.690 bits per heavy atom. The van der Waals surface area contributed by atoms with Crippen molar-refractivity contribution in [2.24, 2.45) is 0 Å². The molecular formula is C79H47N3O2. The van der Waals surface area contributed by atoms with Crippen LogP contribution in [0.3, 0.4) is 0 Å². The predicted octanol–water partition coefficient (Wildman–Crippen LogP) is 21.8. The number of fused-ring (bicyclic) bond motifs is 18. The number of anilines is 3. The third-order valence-corrected chi connectivity index (χ3v) is 18.3. The summed E-state index contributed by atoms with van der Waals surface area (Å²) in [5.74, 6) is -0.0130. The van der Waals surface area contributed by atoms with Crippen LogP contribution >= 0.6 is 0 Å². The Morgan fingerprint density at radius 1 is 0.274 bits per heavy atom. The Balaban J connectivity index is 0.725. The van der Waals surface area contributed by atoms with Crippen LogP contribution in [-0.4, -0.2) is 8.80 Å². The first-order chi connectivity index (χ1) is 41.7. The quantitative estimate of drug-likeness (QED) is 0.142. The molecule has 13 aromatic carbocycles. The number of furan rings is 2. The van der Waals surface area contributed by atoms with Crippen LogP contribution in [0.2, 0.25) is 0 Å². The molecule has 6 aromatic heterocycles. The molecule has 0 amide bonds. The van der Waals surface area contributed by atoms with Gasteiger partial charge in [-0.1, -0.05) is 212 Å². The fourth-order valence-corrected chi connectivity index (χ4v) is 14.6. The summed E-state index contributed by atoms with van der Waals surface area (Å²) in [6, 6.07) is 102. The Bertz CT molecular complexity index is 5480. The number of hydrogen-bond donors (Lipinski definition) is 0. The standard InChI is InChI=1S/C79H47N3O2/c1-3-15-49(16-4-1)75(65-27-13-25-63-57-19-7-9-29-73(57)83-78(63)65)50-33-31-47(32-34-50)51-37-41-55-59-21-11-23-61-66-46-72-67(45-71(66)81(76(59)61)69(55)43-51)62-24-12-22-60-56-42-38-52(44-70(56)82(72)77(60)62)48-35-39-54(40-36-48)80(53-17-5-2-6-18-53)68-28-14-26-64-58-20-8-10-30-74(58)84-79(64)68/h1-46,75H. The van der Waals surface area contributed by atoms with Gasteiger partial charge in [-0.15, -0.1) is 0 Å². The van der Waals surface area contributed by atoms with E-state index in [4.69, 9.17) is 8.83 Å². The largest absolute Gasteiger partial charge is 0.456 e. The van der Waals surface area contributed by atoms with Crippen molar-refractivity contribution in [2.45, 2.75) is 5.92 Å². The summed E-state index contributed by atoms with van der Waals surface area (Å²) in [7, 11) is 0. The smallest absolute Gasteiger partial charge is 0.159 e. The average Bonchev–Trinajstić information content (AvgIpc) is 1.98. The number of benzene rings is 13. The number of para-hydroxylation sites is 7. The Labute approximate surface area is 480 Å². The molecule has 0 aliphatic carbocycles. The van der Waals surface area contributed by atoms with E-state index in [-0.39, 0.29) is 5.92 Å². The number of aromatic nitrogens is 2. The number of rotatable bonds is 8. The van der Waals surface area contributed by atoms with Gasteiger partial charge in [-0.05, 0) is 100 Å². The van der Waals surface area contributed by atoms with Gasteiger partial charge in [0, 0.05) is 87.5 Å². The predicted molar refractivity (Wildman–Crippen MR) is 350 cm³/mol. The highest BCUT2D eigenvalue weighted by atomic mass is 16.3. The van der Waals surface area contributed by atoms with Crippen molar-refractivity contribution >= 4 is 137 Å². The molecule has 1 atom stereocenters. The van der Waals surface area contributed by atoms with Gasteiger partial charge in [0.2, 0.25) is 0 Å². The maximum absolute atomic E-state index is 6.64. The van der Waals surface area contributed by atoms with Gasteiger partial charge in [-0.3, -0.25) is 0 Å². The minimum absolute atomic E-state index is 0.0130. The summed E-state index contributed by atoms with van der Waals surface area (Å²) in [4.78, 5) is 2.31. The lowest BCUT2D eigenvalue weighted by molar-refractivity contribution is 0.661. The summed E-state index contributed by atoms with van der Waals surface area (Å²) in [6.07, 6.45) is 0. The van der Waals surface area contributed by atoms with Crippen LogP contribution < -0.4 is 4.90 Å². The Hall–Kier alpha value is -11.1. The first kappa shape index (κ1) is 45.6. The van der Waals surface area contributed by atoms with Gasteiger partial charge in [-0.2, -0.15) is 0 Å². The zero-order valence-corrected chi connectivity index (χ0v) is 45.3. The van der Waals surface area contributed by atoms with Crippen molar-refractivity contribution < 1.29 is 8.83 Å². The van der Waals surface area contributed by atoms with Crippen molar-refractivity contribution in [3.8, 4) is 22.3 Å². The molecule has 5 nitrogen and oxygen atoms in total. The van der Waals surface area contributed by atoms with E-state index in [1.165, 1.54) is 104 Å². The Kier molecular flexibility index (Phi) is 9.33. The summed E-state index contributed by atoms with van der Waals surface area (Å²) < 4.78 is 18.3. The molecule has 0 spiro atoms. The molecule has 0 saturated carbocycles. The van der Waals surface area contributed by atoms with Crippen molar-refractivity contribution in [1.29, 1.82) is 0 Å². The molecule has 0 aliphatic heterocycles. The van der Waals surface area contributed by atoms with Crippen LogP contribution in [0.4, 0.5) is 17.1 Å². The molecule has 0 bridgehead atoms. The zero-order valence-electron chi connectivity index (χ0n) is 45.3. The Morgan fingerprint density at radius 3 is 1.29 bits per heavy atom. The molecule has 0 saturated heterocycles. The molecule has 0 radical (unpaired) electrons. The van der Waals surface area contributed by atoms with Gasteiger partial charge < -0.3 is 22.5 Å². The lowest BCUT2D eigenvalue weighted by atomic mass is 9.84. The molecule has 84 heavy (non-hydrogen) atoms. The monoisotopic (exact) mass is 1070 g/mol. The summed E-state index contributed by atoms with van der Waals surface area (Å²) >= 11 is 0. The van der Waals surface area contributed by atoms with Crippen molar-refractivity contribution in [3.63, 3.8) is 0 Å². The molecular weight excluding hydrogens is 1020 g/mol. The van der Waals surface area contributed by atoms with Crippen molar-refractivity contribution in [2.75, 3.05) is 4.90 Å². The van der Waals surface area contributed by atoms with E-state index in [0.29, 0.717) is 0 Å². The molecule has 5 heteroatoms. The molecule has 0 N–H and O–H groups in total. The molecule has 1 unspecified atom stereocenters. The fourth-order valence-electron chi connectivity index (χ4n) is 14.6. The molecule has 0 aliphatic rings. The minimum atomic E-state index is -0.0130. The summed E-state index contributed by atoms with van der Waals surface area (Å²) in [6.45, 7) is 0. The number of hydrogen-bond acceptors (Lipinski definition) is 3. The highest BCUT2D eigenvalue weighted by molar-refractivity contribution is 6.29. The SMILES string of the molecule is c1ccc(C(c2ccc(-c3ccc4c5cccc6c7cc8c(cc7n(c4c3)c56)c3cccc4c5ccc(-c6ccc(N(c7ccccc7)c7cccc9c7oc7ccccc79)cc6)cc5n8c43)cc2)c2cccc3c2oc2ccccc23)cc1. The van der Waals surface area contributed by atoms with Gasteiger partial charge in [0.25, 0.3) is 0 Å². The summed E-state index contributed by atoms with van der Waals surface area (Å²) in [5, 5.41) is 14.6. The molecule has 6 heterocycles. The van der Waals surface area contributed by atoms with E-state index in [2.05, 4.69) is 275 Å². The third-order valence-electron chi connectivity index (χ3n) is 18.3. The van der Waals surface area contributed by atoms with Gasteiger partial charge in [-0.25, -0.2) is 0 Å². The highest BCUT2D eigenvalue weighted by Gasteiger charge is 2.26. The van der Waals surface area contributed by atoms with E-state index in [1.54, 1.807) is 0 Å². The highest BCUT2D eigenvalue weighted by Crippen LogP contribution is 2.48. The fraction of sp³-hybridized carbons (Fsp3) is 0.0127. The molecule has 19 aromatic rings. The second-order valence-corrected chi connectivity index (χ2v) is 22.7. The molecule has 0 fully saturated rings. The van der Waals surface area contributed by atoms with Crippen LogP contribution in [0.25, 0.3) is 142 Å². The molecule has 390 valence electrons. The minimum Gasteiger partial charge on any atom is -0.456 e. The normalized spacial score (nSPS) is 12.7. The van der Waals surface area contributed by atoms with Crippen LogP contribution in [-0.2, 0) is 0 Å². The number of nitrogens with zero attached hydrogens (tertiary/aromatic N) is 3. The second-order valence-electron chi connectivity index (χ2n) is 22.7. The van der Waals surface area contributed by atoms with Crippen molar-refractivity contribution in [3.05, 3.63) is 296 Å². The van der Waals surface area contributed by atoms with Crippen LogP contribution in [0.15, 0.2) is 288 Å². The topological polar surface area (TPSA) is 38.3 Å². The van der Waals surface area contributed by atoms with Gasteiger partial charge in [0.1, 0.15) is 16.7 Å². The maximum atomic E-state index is 6.64. The third kappa shape index (κ3) is 6.38. The lowest BCUT2D eigenvalue weighted by Crippen LogP contribution is -2.10.